The third-order valence-electron chi connectivity index (χ3n) is 2.34. The summed E-state index contributed by atoms with van der Waals surface area (Å²) in [6, 6.07) is 0. The predicted molar refractivity (Wildman–Crippen MR) is 69.1 cm³/mol. The Kier molecular flexibility index (Phi) is 4.30. The van der Waals surface area contributed by atoms with Gasteiger partial charge in [0.05, 0.1) is 6.61 Å². The van der Waals surface area contributed by atoms with Gasteiger partial charge >= 0.3 is 0 Å². The number of anilines is 2. The second kappa shape index (κ2) is 5.52. The first kappa shape index (κ1) is 14.0. The molecular formula is C11H19N5O2. The fourth-order valence-corrected chi connectivity index (χ4v) is 1.15. The molecule has 0 saturated carbocycles. The zero-order valence-electron chi connectivity index (χ0n) is 10.9. The molecule has 0 spiro atoms. The van der Waals surface area contributed by atoms with Crippen LogP contribution in [0.5, 0.6) is 5.88 Å². The van der Waals surface area contributed by atoms with Gasteiger partial charge in [-0.05, 0) is 20.3 Å². The molecule has 7 heteroatoms. The average molecular weight is 253 g/mol. The summed E-state index contributed by atoms with van der Waals surface area (Å²) in [5.41, 5.74) is 10.4. The maximum absolute atomic E-state index is 11.2. The number of amides is 1. The first-order chi connectivity index (χ1) is 8.38. The lowest BCUT2D eigenvalue weighted by Crippen LogP contribution is -2.45. The number of hydrogen-bond acceptors (Lipinski definition) is 6. The number of aromatic nitrogens is 2. The van der Waals surface area contributed by atoms with E-state index in [1.165, 1.54) is 6.33 Å². The van der Waals surface area contributed by atoms with Crippen LogP contribution >= 0.6 is 0 Å². The topological polar surface area (TPSA) is 116 Å². The fourth-order valence-electron chi connectivity index (χ4n) is 1.15. The molecule has 0 bridgehead atoms. The standard InChI is InChI=1S/C11H19N5O2/c1-4-5-18-9-7(12)8(14-6-15-9)16-11(2,3)10(13)17/h6H,4-5,12H2,1-3H3,(H2,13,17)(H,14,15,16). The van der Waals surface area contributed by atoms with Crippen molar-refractivity contribution in [1.82, 2.24) is 9.97 Å². The molecule has 0 atom stereocenters. The van der Waals surface area contributed by atoms with Crippen LogP contribution in [0.3, 0.4) is 0 Å². The van der Waals surface area contributed by atoms with Gasteiger partial charge in [0.15, 0.2) is 5.82 Å². The van der Waals surface area contributed by atoms with Gasteiger partial charge in [-0.15, -0.1) is 0 Å². The molecule has 1 aromatic rings. The third kappa shape index (κ3) is 3.22. The Hall–Kier alpha value is -2.05. The summed E-state index contributed by atoms with van der Waals surface area (Å²) >= 11 is 0. The number of hydrogen-bond donors (Lipinski definition) is 3. The minimum atomic E-state index is -0.954. The molecule has 5 N–H and O–H groups in total. The van der Waals surface area contributed by atoms with Gasteiger partial charge < -0.3 is 21.5 Å². The van der Waals surface area contributed by atoms with Crippen LogP contribution in [0.15, 0.2) is 6.33 Å². The van der Waals surface area contributed by atoms with Gasteiger partial charge in [-0.2, -0.15) is 4.98 Å². The lowest BCUT2D eigenvalue weighted by Gasteiger charge is -2.23. The van der Waals surface area contributed by atoms with Crippen LogP contribution in [-0.2, 0) is 4.79 Å². The van der Waals surface area contributed by atoms with Crippen molar-refractivity contribution in [3.05, 3.63) is 6.33 Å². The molecule has 0 aliphatic carbocycles. The number of primary amides is 1. The minimum Gasteiger partial charge on any atom is -0.476 e. The Labute approximate surface area is 106 Å². The van der Waals surface area contributed by atoms with Gasteiger partial charge in [0.1, 0.15) is 17.6 Å². The van der Waals surface area contributed by atoms with E-state index in [1.54, 1.807) is 13.8 Å². The molecule has 0 aliphatic rings. The molecule has 18 heavy (non-hydrogen) atoms. The second-order valence-electron chi connectivity index (χ2n) is 4.40. The summed E-state index contributed by atoms with van der Waals surface area (Å²) in [5, 5.41) is 2.87. The Morgan fingerprint density at radius 2 is 2.17 bits per heavy atom. The zero-order valence-corrected chi connectivity index (χ0v) is 10.9. The first-order valence-corrected chi connectivity index (χ1v) is 5.69. The molecule has 0 aromatic carbocycles. The van der Waals surface area contributed by atoms with Crippen molar-refractivity contribution in [3.63, 3.8) is 0 Å². The first-order valence-electron chi connectivity index (χ1n) is 5.69. The van der Waals surface area contributed by atoms with Crippen molar-refractivity contribution in [2.45, 2.75) is 32.7 Å². The van der Waals surface area contributed by atoms with Crippen LogP contribution in [0.2, 0.25) is 0 Å². The number of nitrogens with zero attached hydrogens (tertiary/aromatic N) is 2. The molecule has 0 unspecified atom stereocenters. The molecule has 7 nitrogen and oxygen atoms in total. The highest BCUT2D eigenvalue weighted by molar-refractivity contribution is 5.87. The van der Waals surface area contributed by atoms with E-state index >= 15 is 0 Å². The molecule has 0 saturated heterocycles. The lowest BCUT2D eigenvalue weighted by atomic mass is 10.1. The molecule has 0 radical (unpaired) electrons. The van der Waals surface area contributed by atoms with Crippen LogP contribution in [0.1, 0.15) is 27.2 Å². The summed E-state index contributed by atoms with van der Waals surface area (Å²) in [6.07, 6.45) is 2.17. The van der Waals surface area contributed by atoms with Crippen LogP contribution in [0.25, 0.3) is 0 Å². The number of ether oxygens (including phenoxy) is 1. The molecule has 1 aromatic heterocycles. The van der Waals surface area contributed by atoms with E-state index in [0.717, 1.165) is 6.42 Å². The van der Waals surface area contributed by atoms with Crippen molar-refractivity contribution in [1.29, 1.82) is 0 Å². The number of carbonyl (C=O) groups is 1. The van der Waals surface area contributed by atoms with Crippen LogP contribution in [0, 0.1) is 0 Å². The summed E-state index contributed by atoms with van der Waals surface area (Å²) < 4.78 is 5.37. The van der Waals surface area contributed by atoms with E-state index in [0.29, 0.717) is 18.3 Å². The summed E-state index contributed by atoms with van der Waals surface area (Å²) in [4.78, 5) is 19.2. The number of nitrogen functional groups attached to an aromatic ring is 1. The Morgan fingerprint density at radius 3 is 2.72 bits per heavy atom. The Morgan fingerprint density at radius 1 is 1.50 bits per heavy atom. The van der Waals surface area contributed by atoms with Crippen LogP contribution in [-0.4, -0.2) is 28.0 Å². The minimum absolute atomic E-state index is 0.264. The number of nitrogens with two attached hydrogens (primary N) is 2. The normalized spacial score (nSPS) is 11.1. The molecule has 0 aliphatic heterocycles. The van der Waals surface area contributed by atoms with E-state index < -0.39 is 11.4 Å². The molecular weight excluding hydrogens is 234 g/mol. The number of carbonyl (C=O) groups excluding carboxylic acids is 1. The van der Waals surface area contributed by atoms with Crippen molar-refractivity contribution in [2.24, 2.45) is 5.73 Å². The summed E-state index contributed by atoms with van der Waals surface area (Å²) in [6.45, 7) is 5.78. The van der Waals surface area contributed by atoms with Gasteiger partial charge in [-0.25, -0.2) is 4.98 Å². The van der Waals surface area contributed by atoms with Crippen molar-refractivity contribution in [2.75, 3.05) is 17.7 Å². The second-order valence-corrected chi connectivity index (χ2v) is 4.40. The molecule has 100 valence electrons. The average Bonchev–Trinajstić information content (AvgIpc) is 2.30. The largest absolute Gasteiger partial charge is 0.476 e. The summed E-state index contributed by atoms with van der Waals surface area (Å²) in [7, 11) is 0. The molecule has 0 fully saturated rings. The Bertz CT molecular complexity index is 433. The van der Waals surface area contributed by atoms with Crippen molar-refractivity contribution in [3.8, 4) is 5.88 Å². The van der Waals surface area contributed by atoms with Gasteiger partial charge in [0, 0.05) is 0 Å². The highest BCUT2D eigenvalue weighted by Crippen LogP contribution is 2.26. The third-order valence-corrected chi connectivity index (χ3v) is 2.34. The fraction of sp³-hybridized carbons (Fsp3) is 0.545. The van der Waals surface area contributed by atoms with E-state index in [2.05, 4.69) is 15.3 Å². The van der Waals surface area contributed by atoms with Gasteiger partial charge in [0.2, 0.25) is 11.8 Å². The highest BCUT2D eigenvalue weighted by Gasteiger charge is 2.26. The predicted octanol–water partition coefficient (Wildman–Crippen LogP) is 0.523. The zero-order chi connectivity index (χ0) is 13.8. The van der Waals surface area contributed by atoms with Gasteiger partial charge in [0.25, 0.3) is 0 Å². The van der Waals surface area contributed by atoms with Gasteiger partial charge in [-0.1, -0.05) is 6.92 Å². The maximum atomic E-state index is 11.2. The van der Waals surface area contributed by atoms with Gasteiger partial charge in [-0.3, -0.25) is 4.79 Å². The van der Waals surface area contributed by atoms with Crippen LogP contribution in [0.4, 0.5) is 11.5 Å². The van der Waals surface area contributed by atoms with E-state index in [1.807, 2.05) is 6.92 Å². The van der Waals surface area contributed by atoms with Crippen LogP contribution < -0.4 is 21.5 Å². The molecule has 1 amide bonds. The van der Waals surface area contributed by atoms with Crippen molar-refractivity contribution < 1.29 is 9.53 Å². The SMILES string of the molecule is CCCOc1ncnc(NC(C)(C)C(N)=O)c1N. The molecule has 1 rings (SSSR count). The number of rotatable bonds is 6. The van der Waals surface area contributed by atoms with E-state index in [4.69, 9.17) is 16.2 Å². The van der Waals surface area contributed by atoms with E-state index in [-0.39, 0.29) is 5.69 Å². The van der Waals surface area contributed by atoms with Crippen molar-refractivity contribution >= 4 is 17.4 Å². The smallest absolute Gasteiger partial charge is 0.242 e. The lowest BCUT2D eigenvalue weighted by molar-refractivity contribution is -0.121. The highest BCUT2D eigenvalue weighted by atomic mass is 16.5. The monoisotopic (exact) mass is 253 g/mol. The quantitative estimate of drug-likeness (QED) is 0.680. The number of nitrogens with one attached hydrogen (secondary N) is 1. The molecule has 1 heterocycles. The maximum Gasteiger partial charge on any atom is 0.242 e. The summed E-state index contributed by atoms with van der Waals surface area (Å²) in [5.74, 6) is 0.131. The van der Waals surface area contributed by atoms with E-state index in [9.17, 15) is 4.79 Å². The Balaban J connectivity index is 2.93.